The van der Waals surface area contributed by atoms with E-state index >= 15 is 0 Å². The van der Waals surface area contributed by atoms with E-state index in [-0.39, 0.29) is 0 Å². The Bertz CT molecular complexity index is 75.9. The molecular formula is C3H11O5P. The molecule has 0 bridgehead atoms. The summed E-state index contributed by atoms with van der Waals surface area (Å²) in [5, 5.41) is 7.88. The second kappa shape index (κ2) is 6.19. The van der Waals surface area contributed by atoms with E-state index in [4.69, 9.17) is 24.4 Å². The molecule has 0 aromatic heterocycles. The van der Waals surface area contributed by atoms with Gasteiger partial charge in [0, 0.05) is 6.61 Å². The summed E-state index contributed by atoms with van der Waals surface area (Å²) in [6, 6.07) is 0. The first kappa shape index (κ1) is 11.8. The minimum Gasteiger partial charge on any atom is -0.396 e. The van der Waals surface area contributed by atoms with Crippen LogP contribution in [0.25, 0.3) is 0 Å². The van der Waals surface area contributed by atoms with Crippen molar-refractivity contribution in [3.8, 4) is 0 Å². The summed E-state index contributed by atoms with van der Waals surface area (Å²) in [6.07, 6.45) is 0.875. The van der Waals surface area contributed by atoms with E-state index in [1.807, 2.05) is 6.92 Å². The molecule has 5 nitrogen and oxygen atoms in total. The van der Waals surface area contributed by atoms with Crippen LogP contribution in [0.5, 0.6) is 0 Å². The molecule has 0 heterocycles. The molecule has 0 rings (SSSR count). The summed E-state index contributed by atoms with van der Waals surface area (Å²) >= 11 is 0. The summed E-state index contributed by atoms with van der Waals surface area (Å²) in [5.74, 6) is 0. The molecule has 0 aliphatic heterocycles. The normalized spacial score (nSPS) is 9.89. The molecule has 4 N–H and O–H groups in total. The molecule has 0 atom stereocenters. The predicted octanol–water partition coefficient (Wildman–Crippen LogP) is -0.540. The SMILES string of the molecule is CCCO.O=P(O)(O)O. The van der Waals surface area contributed by atoms with E-state index in [0.717, 1.165) is 6.42 Å². The molecule has 0 aromatic carbocycles. The third kappa shape index (κ3) is 260. The van der Waals surface area contributed by atoms with Crippen molar-refractivity contribution in [2.24, 2.45) is 0 Å². The average Bonchev–Trinajstić information content (AvgIpc) is 1.61. The van der Waals surface area contributed by atoms with E-state index in [1.54, 1.807) is 0 Å². The molecule has 9 heavy (non-hydrogen) atoms. The van der Waals surface area contributed by atoms with Crippen molar-refractivity contribution in [1.82, 2.24) is 0 Å². The minimum atomic E-state index is -4.64. The van der Waals surface area contributed by atoms with Crippen LogP contribution in [0.2, 0.25) is 0 Å². The first-order valence-corrected chi connectivity index (χ1v) is 3.87. The topological polar surface area (TPSA) is 98.0 Å². The monoisotopic (exact) mass is 158 g/mol. The van der Waals surface area contributed by atoms with Crippen molar-refractivity contribution < 1.29 is 24.4 Å². The molecule has 0 spiro atoms. The van der Waals surface area contributed by atoms with Gasteiger partial charge in [-0.25, -0.2) is 4.57 Å². The van der Waals surface area contributed by atoms with Gasteiger partial charge in [-0.1, -0.05) is 6.92 Å². The highest BCUT2D eigenvalue weighted by Gasteiger charge is 2.00. The fourth-order valence-corrected chi connectivity index (χ4v) is 0. The summed E-state index contributed by atoms with van der Waals surface area (Å²) in [4.78, 5) is 21.6. The van der Waals surface area contributed by atoms with Gasteiger partial charge in [-0.2, -0.15) is 0 Å². The highest BCUT2D eigenvalue weighted by atomic mass is 31.2. The van der Waals surface area contributed by atoms with E-state index < -0.39 is 7.82 Å². The van der Waals surface area contributed by atoms with Gasteiger partial charge in [0.05, 0.1) is 0 Å². The maximum absolute atomic E-state index is 8.88. The number of aliphatic hydroxyl groups is 1. The maximum atomic E-state index is 8.88. The largest absolute Gasteiger partial charge is 0.466 e. The van der Waals surface area contributed by atoms with E-state index in [1.165, 1.54) is 0 Å². The summed E-state index contributed by atoms with van der Waals surface area (Å²) in [7, 11) is -4.64. The summed E-state index contributed by atoms with van der Waals surface area (Å²) < 4.78 is 8.88. The number of hydrogen-bond acceptors (Lipinski definition) is 2. The molecule has 0 saturated carbocycles. The van der Waals surface area contributed by atoms with Gasteiger partial charge >= 0.3 is 7.82 Å². The van der Waals surface area contributed by atoms with Gasteiger partial charge in [0.15, 0.2) is 0 Å². The number of rotatable bonds is 1. The zero-order chi connectivity index (χ0) is 7.91. The molecule has 0 radical (unpaired) electrons. The quantitative estimate of drug-likeness (QED) is 0.384. The molecule has 0 unspecified atom stereocenters. The molecule has 0 amide bonds. The second-order valence-electron chi connectivity index (χ2n) is 1.24. The van der Waals surface area contributed by atoms with Gasteiger partial charge in [-0.15, -0.1) is 0 Å². The Balaban J connectivity index is 0. The molecule has 0 aromatic rings. The number of aliphatic hydroxyl groups excluding tert-OH is 1. The lowest BCUT2D eigenvalue weighted by Crippen LogP contribution is -1.69. The maximum Gasteiger partial charge on any atom is 0.466 e. The van der Waals surface area contributed by atoms with Gasteiger partial charge < -0.3 is 19.8 Å². The summed E-state index contributed by atoms with van der Waals surface area (Å²) in [5.41, 5.74) is 0. The van der Waals surface area contributed by atoms with Gasteiger partial charge in [0.2, 0.25) is 0 Å². The molecule has 0 saturated heterocycles. The van der Waals surface area contributed by atoms with Gasteiger partial charge in [0.1, 0.15) is 0 Å². The average molecular weight is 158 g/mol. The fraction of sp³-hybridized carbons (Fsp3) is 1.00. The molecule has 0 aliphatic carbocycles. The second-order valence-corrected chi connectivity index (χ2v) is 2.26. The van der Waals surface area contributed by atoms with E-state index in [9.17, 15) is 0 Å². The van der Waals surface area contributed by atoms with Crippen molar-refractivity contribution in [2.75, 3.05) is 6.61 Å². The molecular weight excluding hydrogens is 147 g/mol. The van der Waals surface area contributed by atoms with Crippen LogP contribution in [0.15, 0.2) is 0 Å². The Labute approximate surface area is 53.2 Å². The smallest absolute Gasteiger partial charge is 0.396 e. The molecule has 0 aliphatic rings. The van der Waals surface area contributed by atoms with Crippen LogP contribution in [-0.4, -0.2) is 26.4 Å². The third-order valence-electron chi connectivity index (χ3n) is 0.224. The number of phosphoric acid groups is 1. The summed E-state index contributed by atoms with van der Waals surface area (Å²) in [6.45, 7) is 2.25. The van der Waals surface area contributed by atoms with Crippen LogP contribution in [-0.2, 0) is 4.57 Å². The van der Waals surface area contributed by atoms with Crippen LogP contribution in [0.4, 0.5) is 0 Å². The van der Waals surface area contributed by atoms with Gasteiger partial charge in [-0.3, -0.25) is 0 Å². The fourth-order valence-electron chi connectivity index (χ4n) is 0. The van der Waals surface area contributed by atoms with Crippen molar-refractivity contribution >= 4 is 7.82 Å². The predicted molar refractivity (Wildman–Crippen MR) is 31.6 cm³/mol. The van der Waals surface area contributed by atoms with Crippen molar-refractivity contribution in [1.29, 1.82) is 0 Å². The minimum absolute atomic E-state index is 0.319. The van der Waals surface area contributed by atoms with E-state index in [0.29, 0.717) is 6.61 Å². The van der Waals surface area contributed by atoms with Crippen molar-refractivity contribution in [3.63, 3.8) is 0 Å². The van der Waals surface area contributed by atoms with E-state index in [2.05, 4.69) is 0 Å². The highest BCUT2D eigenvalue weighted by molar-refractivity contribution is 7.45. The molecule has 58 valence electrons. The van der Waals surface area contributed by atoms with Crippen molar-refractivity contribution in [3.05, 3.63) is 0 Å². The Morgan fingerprint density at radius 1 is 1.33 bits per heavy atom. The Hall–Kier alpha value is 0.0700. The lowest BCUT2D eigenvalue weighted by Gasteiger charge is -1.82. The Morgan fingerprint density at radius 2 is 1.44 bits per heavy atom. The Kier molecular flexibility index (Phi) is 8.13. The molecule has 0 fully saturated rings. The zero-order valence-corrected chi connectivity index (χ0v) is 5.95. The van der Waals surface area contributed by atoms with Gasteiger partial charge in [-0.05, 0) is 6.42 Å². The van der Waals surface area contributed by atoms with Gasteiger partial charge in [0.25, 0.3) is 0 Å². The van der Waals surface area contributed by atoms with Crippen LogP contribution in [0.1, 0.15) is 13.3 Å². The zero-order valence-electron chi connectivity index (χ0n) is 5.06. The number of hydrogen-bond donors (Lipinski definition) is 4. The van der Waals surface area contributed by atoms with Crippen LogP contribution in [0, 0.1) is 0 Å². The highest BCUT2D eigenvalue weighted by Crippen LogP contribution is 2.25. The lowest BCUT2D eigenvalue weighted by atomic mass is 10.5. The standard InChI is InChI=1S/C3H8O.H3O4P/c1-2-3-4;1-5(2,3)4/h4H,2-3H2,1H3;(H3,1,2,3,4). The van der Waals surface area contributed by atoms with Crippen molar-refractivity contribution in [2.45, 2.75) is 13.3 Å². The van der Waals surface area contributed by atoms with Crippen LogP contribution in [0.3, 0.4) is 0 Å². The van der Waals surface area contributed by atoms with Crippen LogP contribution >= 0.6 is 7.82 Å². The first-order chi connectivity index (χ1) is 3.91. The Morgan fingerprint density at radius 3 is 1.44 bits per heavy atom. The first-order valence-electron chi connectivity index (χ1n) is 2.31. The van der Waals surface area contributed by atoms with Crippen LogP contribution < -0.4 is 0 Å². The lowest BCUT2D eigenvalue weighted by molar-refractivity contribution is 0.275. The molecule has 6 heteroatoms. The third-order valence-corrected chi connectivity index (χ3v) is 0.224.